The van der Waals surface area contributed by atoms with E-state index < -0.39 is 47.6 Å². The van der Waals surface area contributed by atoms with Gasteiger partial charge >= 0.3 is 0 Å². The Hall–Kier alpha value is -5.40. The molecule has 18 heteroatoms. The van der Waals surface area contributed by atoms with Gasteiger partial charge in [-0.25, -0.2) is 13.8 Å². The highest BCUT2D eigenvalue weighted by atomic mass is 19.1. The molecular formula is C42H55F2N7O9. The number of hydrogen-bond donors (Lipinski definition) is 4. The maximum atomic E-state index is 15.0. The van der Waals surface area contributed by atoms with Crippen molar-refractivity contribution in [3.8, 4) is 11.3 Å². The summed E-state index contributed by atoms with van der Waals surface area (Å²) in [6.45, 7) is 6.93. The van der Waals surface area contributed by atoms with Crippen LogP contribution in [0, 0.1) is 17.0 Å². The molecule has 0 saturated heterocycles. The minimum atomic E-state index is -1.05. The van der Waals surface area contributed by atoms with Crippen LogP contribution >= 0.6 is 0 Å². The van der Waals surface area contributed by atoms with Crippen molar-refractivity contribution in [1.29, 1.82) is 0 Å². The molecule has 3 aromatic rings. The first-order valence-corrected chi connectivity index (χ1v) is 19.7. The monoisotopic (exact) mass is 839 g/mol. The molecule has 4 rings (SSSR count). The van der Waals surface area contributed by atoms with E-state index in [0.717, 1.165) is 28.7 Å². The third kappa shape index (κ3) is 14.4. The number of nitrogens with two attached hydrogens (primary N) is 1. The van der Waals surface area contributed by atoms with Crippen LogP contribution in [0.4, 0.5) is 8.78 Å². The third-order valence-electron chi connectivity index (χ3n) is 9.38. The van der Waals surface area contributed by atoms with Gasteiger partial charge in [0, 0.05) is 56.5 Å². The Bertz CT molecular complexity index is 1920. The number of carbonyl (C=O) groups is 5. The number of carbonyl (C=O) groups excluding carboxylic acids is 5. The molecule has 0 bridgehead atoms. The molecule has 16 nitrogen and oxygen atoms in total. The molecule has 0 unspecified atom stereocenters. The number of benzene rings is 2. The molecule has 2 heterocycles. The van der Waals surface area contributed by atoms with E-state index in [1.54, 1.807) is 10.8 Å². The Morgan fingerprint density at radius 3 is 2.18 bits per heavy atom. The summed E-state index contributed by atoms with van der Waals surface area (Å²) < 4.78 is 47.2. The smallest absolute Gasteiger partial charge is 0.253 e. The summed E-state index contributed by atoms with van der Waals surface area (Å²) in [5.74, 6) is -3.09. The lowest BCUT2D eigenvalue weighted by atomic mass is 9.84. The van der Waals surface area contributed by atoms with Gasteiger partial charge in [-0.05, 0) is 35.6 Å². The van der Waals surface area contributed by atoms with E-state index in [1.807, 2.05) is 51.1 Å². The number of aliphatic hydroxyl groups excluding tert-OH is 1. The largest absolute Gasteiger partial charge is 0.387 e. The van der Waals surface area contributed by atoms with E-state index in [-0.39, 0.29) is 101 Å². The molecule has 1 aliphatic heterocycles. The first-order valence-electron chi connectivity index (χ1n) is 19.7. The van der Waals surface area contributed by atoms with Gasteiger partial charge in [0.05, 0.1) is 64.0 Å². The third-order valence-corrected chi connectivity index (χ3v) is 9.38. The number of nitrogens with zero attached hydrogens (tertiary/aromatic N) is 4. The number of imidazole rings is 1. The minimum Gasteiger partial charge on any atom is -0.387 e. The van der Waals surface area contributed by atoms with Crippen molar-refractivity contribution >= 4 is 29.5 Å². The fourth-order valence-corrected chi connectivity index (χ4v) is 6.39. The van der Waals surface area contributed by atoms with Crippen molar-refractivity contribution in [2.24, 2.45) is 11.1 Å². The molecule has 326 valence electrons. The van der Waals surface area contributed by atoms with Crippen molar-refractivity contribution in [2.75, 3.05) is 72.4 Å². The van der Waals surface area contributed by atoms with Crippen molar-refractivity contribution in [1.82, 2.24) is 30.0 Å². The molecule has 0 spiro atoms. The summed E-state index contributed by atoms with van der Waals surface area (Å²) in [7, 11) is 0. The predicted molar refractivity (Wildman–Crippen MR) is 216 cm³/mol. The number of aliphatic hydroxyl groups is 1. The van der Waals surface area contributed by atoms with E-state index in [9.17, 15) is 37.9 Å². The van der Waals surface area contributed by atoms with Gasteiger partial charge in [0.15, 0.2) is 0 Å². The highest BCUT2D eigenvalue weighted by Gasteiger charge is 2.38. The predicted octanol–water partition coefficient (Wildman–Crippen LogP) is 2.10. The lowest BCUT2D eigenvalue weighted by Crippen LogP contribution is -2.48. The molecule has 1 aliphatic rings. The Kier molecular flexibility index (Phi) is 18.4. The van der Waals surface area contributed by atoms with Gasteiger partial charge in [0.25, 0.3) is 11.8 Å². The molecule has 1 aromatic heterocycles. The Balaban J connectivity index is 1.22. The standard InChI is InChI=1S/C42H55F2N7O9/c1-42(2,3)39(40-48-34(31-25-30(43)9-10-32(31)44)27-49(40)26-29-7-5-4-6-8-29)51(38(56)28-52)17-13-33(45)41(57)47-16-15-46-35(53)14-19-58-21-23-60-24-22-59-20-18-50-36(54)11-12-37(50)55/h4-12,25,27,33,39,52H,13-24,26,28,45H2,1-3H3,(H,46,53)(H,47,57)/t33-,39-/m0/s1. The minimum absolute atomic E-state index is 0.0103. The van der Waals surface area contributed by atoms with Gasteiger partial charge in [0.1, 0.15) is 24.1 Å². The number of nitrogens with one attached hydrogen (secondary N) is 2. The fraction of sp³-hybridized carbons (Fsp3) is 0.476. The summed E-state index contributed by atoms with van der Waals surface area (Å²) in [5.41, 5.74) is 6.56. The fourth-order valence-electron chi connectivity index (χ4n) is 6.39. The van der Waals surface area contributed by atoms with Crippen LogP contribution in [0.1, 0.15) is 51.0 Å². The van der Waals surface area contributed by atoms with Crippen LogP contribution in [-0.2, 0) is 44.7 Å². The van der Waals surface area contributed by atoms with Crippen molar-refractivity contribution in [3.63, 3.8) is 0 Å². The average molecular weight is 840 g/mol. The van der Waals surface area contributed by atoms with Crippen LogP contribution in [0.2, 0.25) is 0 Å². The number of aromatic nitrogens is 2. The molecule has 5 N–H and O–H groups in total. The Labute approximate surface area is 348 Å². The molecule has 0 fully saturated rings. The summed E-state index contributed by atoms with van der Waals surface area (Å²) in [4.78, 5) is 68.9. The van der Waals surface area contributed by atoms with Gasteiger partial charge < -0.3 is 45.2 Å². The number of imide groups is 1. The molecule has 5 amide bonds. The molecule has 2 aromatic carbocycles. The zero-order valence-electron chi connectivity index (χ0n) is 34.2. The molecule has 2 atom stereocenters. The number of halogens is 2. The van der Waals surface area contributed by atoms with Gasteiger partial charge in [-0.2, -0.15) is 0 Å². The summed E-state index contributed by atoms with van der Waals surface area (Å²) in [6, 6.07) is 10.7. The average Bonchev–Trinajstić information content (AvgIpc) is 3.77. The van der Waals surface area contributed by atoms with Crippen molar-refractivity contribution in [2.45, 2.75) is 52.2 Å². The molecule has 60 heavy (non-hydrogen) atoms. The zero-order chi connectivity index (χ0) is 43.7. The molecule has 0 aliphatic carbocycles. The second-order valence-corrected chi connectivity index (χ2v) is 15.0. The van der Waals surface area contributed by atoms with Crippen molar-refractivity contribution in [3.05, 3.63) is 89.9 Å². The van der Waals surface area contributed by atoms with Crippen LogP contribution in [-0.4, -0.2) is 132 Å². The van der Waals surface area contributed by atoms with Gasteiger partial charge in [0.2, 0.25) is 17.7 Å². The number of ether oxygens (including phenoxy) is 3. The number of hydrogen-bond acceptors (Lipinski definition) is 11. The van der Waals surface area contributed by atoms with Crippen LogP contribution in [0.5, 0.6) is 0 Å². The first-order chi connectivity index (χ1) is 28.7. The number of rotatable bonds is 25. The maximum absolute atomic E-state index is 15.0. The van der Waals surface area contributed by atoms with Crippen molar-refractivity contribution < 1.29 is 52.1 Å². The highest BCUT2D eigenvalue weighted by Crippen LogP contribution is 2.39. The number of amides is 5. The van der Waals surface area contributed by atoms with Gasteiger partial charge in [-0.3, -0.25) is 28.9 Å². The van der Waals surface area contributed by atoms with Crippen LogP contribution in [0.3, 0.4) is 0 Å². The summed E-state index contributed by atoms with van der Waals surface area (Å²) in [6.07, 6.45) is 4.14. The van der Waals surface area contributed by atoms with E-state index in [4.69, 9.17) is 24.9 Å². The first kappa shape index (κ1) is 47.3. The van der Waals surface area contributed by atoms with Gasteiger partial charge in [-0.15, -0.1) is 0 Å². The summed E-state index contributed by atoms with van der Waals surface area (Å²) >= 11 is 0. The molecule has 0 radical (unpaired) electrons. The molecular weight excluding hydrogens is 784 g/mol. The van der Waals surface area contributed by atoms with E-state index >= 15 is 0 Å². The Morgan fingerprint density at radius 1 is 0.900 bits per heavy atom. The van der Waals surface area contributed by atoms with Crippen LogP contribution < -0.4 is 16.4 Å². The second-order valence-electron chi connectivity index (χ2n) is 15.0. The maximum Gasteiger partial charge on any atom is 0.253 e. The summed E-state index contributed by atoms with van der Waals surface area (Å²) in [5, 5.41) is 15.4. The lowest BCUT2D eigenvalue weighted by molar-refractivity contribution is -0.140. The Morgan fingerprint density at radius 2 is 1.53 bits per heavy atom. The van der Waals surface area contributed by atoms with E-state index in [0.29, 0.717) is 19.0 Å². The normalized spacial score (nSPS) is 13.8. The van der Waals surface area contributed by atoms with Crippen LogP contribution in [0.25, 0.3) is 11.3 Å². The molecule has 0 saturated carbocycles. The van der Waals surface area contributed by atoms with Gasteiger partial charge in [-0.1, -0.05) is 51.1 Å². The second kappa shape index (κ2) is 23.4. The SMILES string of the molecule is CC(C)(C)[C@H](c1nc(-c2cc(F)ccc2F)cn1Cc1ccccc1)N(CC[C@H](N)C(=O)NCCNC(=O)CCOCCOCCOCCN1C(=O)C=CC1=O)C(=O)CO. The lowest BCUT2D eigenvalue weighted by Gasteiger charge is -2.40. The zero-order valence-corrected chi connectivity index (χ0v) is 34.2. The van der Waals surface area contributed by atoms with E-state index in [1.165, 1.54) is 17.1 Å². The van der Waals surface area contributed by atoms with E-state index in [2.05, 4.69) is 10.6 Å². The van der Waals surface area contributed by atoms with Crippen LogP contribution in [0.15, 0.2) is 66.9 Å². The quantitative estimate of drug-likeness (QED) is 0.0718. The topological polar surface area (TPSA) is 208 Å². The highest BCUT2D eigenvalue weighted by molar-refractivity contribution is 6.12.